The zero-order valence-electron chi connectivity index (χ0n) is 20.9. The van der Waals surface area contributed by atoms with E-state index in [1.54, 1.807) is 30.3 Å². The number of aromatic nitrogens is 2. The van der Waals surface area contributed by atoms with Crippen LogP contribution in [-0.2, 0) is 23.0 Å². The van der Waals surface area contributed by atoms with Crippen molar-refractivity contribution in [1.82, 2.24) is 14.3 Å². The van der Waals surface area contributed by atoms with Crippen molar-refractivity contribution >= 4 is 27.5 Å². The van der Waals surface area contributed by atoms with Crippen molar-refractivity contribution in [3.8, 4) is 0 Å². The van der Waals surface area contributed by atoms with Gasteiger partial charge in [0.05, 0.1) is 16.3 Å². The fourth-order valence-electron chi connectivity index (χ4n) is 4.86. The van der Waals surface area contributed by atoms with Gasteiger partial charge in [0.2, 0.25) is 16.0 Å². The van der Waals surface area contributed by atoms with Gasteiger partial charge in [0, 0.05) is 65.3 Å². The first-order valence-corrected chi connectivity index (χ1v) is 13.6. The van der Waals surface area contributed by atoms with Crippen LogP contribution in [0.5, 0.6) is 0 Å². The Morgan fingerprint density at radius 3 is 2.33 bits per heavy atom. The Morgan fingerprint density at radius 2 is 1.64 bits per heavy atom. The van der Waals surface area contributed by atoms with E-state index < -0.39 is 10.0 Å². The molecule has 5 rings (SSSR count). The normalized spacial score (nSPS) is 16.7. The Hall–Kier alpha value is -3.24. The molecule has 10 heteroatoms. The lowest BCUT2D eigenvalue weighted by atomic mass is 10.1. The Bertz CT molecular complexity index is 1370. The van der Waals surface area contributed by atoms with Gasteiger partial charge in [-0.25, -0.2) is 17.8 Å². The summed E-state index contributed by atoms with van der Waals surface area (Å²) in [6, 6.07) is 13.9. The van der Waals surface area contributed by atoms with Gasteiger partial charge in [-0.1, -0.05) is 24.3 Å². The number of hydrogen-bond acceptors (Lipinski definition) is 7. The number of sulfonamides is 1. The van der Waals surface area contributed by atoms with Crippen LogP contribution >= 0.6 is 0 Å². The third-order valence-electron chi connectivity index (χ3n) is 6.80. The topological polar surface area (TPSA) is 72.9 Å². The van der Waals surface area contributed by atoms with Crippen LogP contribution in [0.1, 0.15) is 16.8 Å². The van der Waals surface area contributed by atoms with Gasteiger partial charge >= 0.3 is 0 Å². The summed E-state index contributed by atoms with van der Waals surface area (Å²) in [7, 11) is 0.203. The van der Waals surface area contributed by atoms with Crippen LogP contribution in [0.3, 0.4) is 0 Å². The first kappa shape index (κ1) is 24.5. The molecule has 2 aliphatic heterocycles. The highest BCUT2D eigenvalue weighted by Gasteiger charge is 2.32. The molecule has 3 aromatic rings. The summed E-state index contributed by atoms with van der Waals surface area (Å²) in [4.78, 5) is 16.1. The number of nitrogens with zero attached hydrogens (tertiary/aromatic N) is 6. The highest BCUT2D eigenvalue weighted by molar-refractivity contribution is 7.89. The van der Waals surface area contributed by atoms with Gasteiger partial charge in [-0.05, 0) is 36.8 Å². The predicted molar refractivity (Wildman–Crippen MR) is 140 cm³/mol. The number of benzene rings is 2. The average molecular weight is 511 g/mol. The summed E-state index contributed by atoms with van der Waals surface area (Å²) in [5.74, 6) is 1.16. The van der Waals surface area contributed by atoms with Crippen LogP contribution in [0.25, 0.3) is 0 Å². The quantitative estimate of drug-likeness (QED) is 0.522. The predicted octanol–water partition coefficient (Wildman–Crippen LogP) is 3.06. The van der Waals surface area contributed by atoms with Crippen LogP contribution in [0, 0.1) is 12.7 Å². The first-order chi connectivity index (χ1) is 17.2. The number of anilines is 3. The summed E-state index contributed by atoms with van der Waals surface area (Å²) < 4.78 is 42.5. The fourth-order valence-corrected chi connectivity index (χ4v) is 6.37. The van der Waals surface area contributed by atoms with Crippen molar-refractivity contribution in [3.63, 3.8) is 0 Å². The second-order valence-electron chi connectivity index (χ2n) is 9.50. The van der Waals surface area contributed by atoms with Crippen LogP contribution < -0.4 is 14.7 Å². The lowest BCUT2D eigenvalue weighted by molar-refractivity contribution is 0.387. The van der Waals surface area contributed by atoms with Crippen molar-refractivity contribution in [3.05, 3.63) is 71.2 Å². The maximum Gasteiger partial charge on any atom is 0.243 e. The van der Waals surface area contributed by atoms with E-state index in [9.17, 15) is 12.8 Å². The van der Waals surface area contributed by atoms with Gasteiger partial charge in [0.15, 0.2) is 0 Å². The zero-order valence-corrected chi connectivity index (χ0v) is 21.7. The van der Waals surface area contributed by atoms with Gasteiger partial charge in [-0.3, -0.25) is 0 Å². The molecular formula is C26H31FN6O2S. The number of para-hydroxylation sites is 1. The van der Waals surface area contributed by atoms with Gasteiger partial charge in [-0.15, -0.1) is 0 Å². The number of hydrogen-bond donors (Lipinski definition) is 0. The second-order valence-corrected chi connectivity index (χ2v) is 11.4. The van der Waals surface area contributed by atoms with E-state index in [1.165, 1.54) is 10.4 Å². The van der Waals surface area contributed by atoms with E-state index in [1.807, 2.05) is 43.0 Å². The standard InChI is InChI=1S/C26H31FN6O2S/c1-19-7-6-8-20(17-19)36(34,35)33-12-11-23-21(18-33)25(30(2)3)29-26(28-23)32-15-13-31(14-16-32)24-10-5-4-9-22(24)27/h4-10,17H,11-16,18H2,1-3H3. The second kappa shape index (κ2) is 9.67. The maximum atomic E-state index is 14.2. The van der Waals surface area contributed by atoms with E-state index in [0.717, 1.165) is 22.6 Å². The third-order valence-corrected chi connectivity index (χ3v) is 8.64. The molecule has 2 aromatic carbocycles. The van der Waals surface area contributed by atoms with Crippen LogP contribution in [0.4, 0.5) is 21.8 Å². The Balaban J connectivity index is 1.38. The molecule has 3 heterocycles. The van der Waals surface area contributed by atoms with Crippen molar-refractivity contribution in [1.29, 1.82) is 0 Å². The Kier molecular flexibility index (Phi) is 6.57. The first-order valence-electron chi connectivity index (χ1n) is 12.1. The van der Waals surface area contributed by atoms with Gasteiger partial charge in [0.25, 0.3) is 0 Å². The minimum absolute atomic E-state index is 0.212. The minimum Gasteiger partial charge on any atom is -0.366 e. The van der Waals surface area contributed by atoms with Crippen molar-refractivity contribution in [2.45, 2.75) is 24.8 Å². The molecule has 1 aromatic heterocycles. The van der Waals surface area contributed by atoms with Crippen molar-refractivity contribution < 1.29 is 12.8 Å². The highest BCUT2D eigenvalue weighted by Crippen LogP contribution is 2.31. The summed E-state index contributed by atoms with van der Waals surface area (Å²) >= 11 is 0. The number of rotatable bonds is 5. The molecular weight excluding hydrogens is 479 g/mol. The van der Waals surface area contributed by atoms with E-state index in [2.05, 4.69) is 4.90 Å². The molecule has 36 heavy (non-hydrogen) atoms. The van der Waals surface area contributed by atoms with Crippen molar-refractivity contribution in [2.75, 3.05) is 61.5 Å². The largest absolute Gasteiger partial charge is 0.366 e. The van der Waals surface area contributed by atoms with E-state index in [4.69, 9.17) is 9.97 Å². The molecule has 8 nitrogen and oxygen atoms in total. The minimum atomic E-state index is -3.62. The van der Waals surface area contributed by atoms with E-state index >= 15 is 0 Å². The van der Waals surface area contributed by atoms with Gasteiger partial charge < -0.3 is 14.7 Å². The van der Waals surface area contributed by atoms with Gasteiger partial charge in [-0.2, -0.15) is 9.29 Å². The molecule has 0 aliphatic carbocycles. The molecule has 0 N–H and O–H groups in total. The monoisotopic (exact) mass is 510 g/mol. The Labute approximate surface area is 212 Å². The van der Waals surface area contributed by atoms with Crippen LogP contribution in [0.15, 0.2) is 53.4 Å². The van der Waals surface area contributed by atoms with Crippen LogP contribution in [0.2, 0.25) is 0 Å². The average Bonchev–Trinajstić information content (AvgIpc) is 2.88. The molecule has 0 saturated carbocycles. The Morgan fingerprint density at radius 1 is 0.917 bits per heavy atom. The van der Waals surface area contributed by atoms with E-state index in [0.29, 0.717) is 55.7 Å². The smallest absolute Gasteiger partial charge is 0.243 e. The fraction of sp³-hybridized carbons (Fsp3) is 0.385. The summed E-state index contributed by atoms with van der Waals surface area (Å²) in [6.45, 7) is 5.18. The number of aryl methyl sites for hydroxylation is 1. The lowest BCUT2D eigenvalue weighted by Gasteiger charge is -2.37. The molecule has 0 atom stereocenters. The van der Waals surface area contributed by atoms with E-state index in [-0.39, 0.29) is 12.4 Å². The molecule has 0 radical (unpaired) electrons. The number of halogens is 1. The molecule has 0 unspecified atom stereocenters. The molecule has 2 aliphatic rings. The highest BCUT2D eigenvalue weighted by atomic mass is 32.2. The number of fused-ring (bicyclic) bond motifs is 1. The third kappa shape index (κ3) is 4.62. The SMILES string of the molecule is Cc1cccc(S(=O)(=O)N2CCc3nc(N4CCN(c5ccccc5F)CC4)nc(N(C)C)c3C2)c1. The molecule has 190 valence electrons. The van der Waals surface area contributed by atoms with Crippen LogP contribution in [-0.4, -0.2) is 69.5 Å². The molecule has 0 bridgehead atoms. The molecule has 1 fully saturated rings. The zero-order chi connectivity index (χ0) is 25.4. The van der Waals surface area contributed by atoms with Gasteiger partial charge in [0.1, 0.15) is 11.6 Å². The number of piperazine rings is 1. The summed E-state index contributed by atoms with van der Waals surface area (Å²) in [5.41, 5.74) is 3.25. The maximum absolute atomic E-state index is 14.2. The lowest BCUT2D eigenvalue weighted by Crippen LogP contribution is -2.47. The molecule has 1 saturated heterocycles. The molecule has 0 amide bonds. The molecule has 0 spiro atoms. The van der Waals surface area contributed by atoms with Crippen molar-refractivity contribution in [2.24, 2.45) is 0 Å². The summed E-state index contributed by atoms with van der Waals surface area (Å²) in [5, 5.41) is 0. The summed E-state index contributed by atoms with van der Waals surface area (Å²) in [6.07, 6.45) is 0.520.